The monoisotopic (exact) mass is 221 g/mol. The predicted octanol–water partition coefficient (Wildman–Crippen LogP) is 3.09. The average molecular weight is 221 g/mol. The number of pyridine rings is 1. The quantitative estimate of drug-likeness (QED) is 0.716. The number of aromatic nitrogens is 1. The van der Waals surface area contributed by atoms with Gasteiger partial charge in [-0.05, 0) is 51.0 Å². The highest BCUT2D eigenvalue weighted by atomic mass is 28.4. The second kappa shape index (κ2) is 3.42. The highest BCUT2D eigenvalue weighted by Gasteiger charge is 2.39. The van der Waals surface area contributed by atoms with E-state index < -0.39 is 8.32 Å². The smallest absolute Gasteiger partial charge is 0.185 e. The van der Waals surface area contributed by atoms with Crippen LogP contribution in [0.1, 0.15) is 24.6 Å². The van der Waals surface area contributed by atoms with Crippen molar-refractivity contribution in [1.82, 2.24) is 4.98 Å². The molecule has 0 unspecified atom stereocenters. The third kappa shape index (κ3) is 2.13. The molecule has 1 atom stereocenters. The molecule has 3 heteroatoms. The Hall–Kier alpha value is -0.673. The molecular formula is C12H19NOSi. The summed E-state index contributed by atoms with van der Waals surface area (Å²) in [6.07, 6.45) is 4.05. The van der Waals surface area contributed by atoms with E-state index in [4.69, 9.17) is 4.43 Å². The zero-order chi connectivity index (χ0) is 11.1. The third-order valence-corrected chi connectivity index (χ3v) is 3.86. The standard InChI is InChI=1S/C12H19NOSi/c1-12(14-15(2,3)4)8-7-10-6-5-9-13-11(10)12/h5-6,9H,7-8H2,1-4H3/t12-/m1/s1. The molecule has 0 radical (unpaired) electrons. The minimum Gasteiger partial charge on any atom is -0.407 e. The Kier molecular flexibility index (Phi) is 2.47. The SMILES string of the molecule is C[C@@]1(O[Si](C)(C)C)CCc2cccnc21. The van der Waals surface area contributed by atoms with Crippen LogP contribution in [0.3, 0.4) is 0 Å². The summed E-state index contributed by atoms with van der Waals surface area (Å²) in [5.41, 5.74) is 2.38. The normalized spacial score (nSPS) is 25.3. The molecule has 0 aliphatic heterocycles. The highest BCUT2D eigenvalue weighted by Crippen LogP contribution is 2.39. The van der Waals surface area contributed by atoms with Crippen molar-refractivity contribution < 1.29 is 4.43 Å². The summed E-state index contributed by atoms with van der Waals surface area (Å²) >= 11 is 0. The molecule has 0 amide bonds. The molecule has 1 aliphatic rings. The van der Waals surface area contributed by atoms with Gasteiger partial charge in [-0.1, -0.05) is 6.07 Å². The molecule has 1 heterocycles. The molecule has 0 spiro atoms. The van der Waals surface area contributed by atoms with E-state index in [1.54, 1.807) is 0 Å². The van der Waals surface area contributed by atoms with E-state index in [9.17, 15) is 0 Å². The van der Waals surface area contributed by atoms with Gasteiger partial charge in [0.25, 0.3) is 0 Å². The van der Waals surface area contributed by atoms with Gasteiger partial charge in [0.05, 0.1) is 11.3 Å². The van der Waals surface area contributed by atoms with Crippen LogP contribution in [0, 0.1) is 0 Å². The number of hydrogen-bond donors (Lipinski definition) is 0. The first-order valence-electron chi connectivity index (χ1n) is 5.55. The fourth-order valence-electron chi connectivity index (χ4n) is 2.38. The summed E-state index contributed by atoms with van der Waals surface area (Å²) in [6.45, 7) is 8.89. The van der Waals surface area contributed by atoms with Gasteiger partial charge in [-0.15, -0.1) is 0 Å². The lowest BCUT2D eigenvalue weighted by molar-refractivity contribution is 0.0763. The molecule has 82 valence electrons. The minimum atomic E-state index is -1.50. The number of hydrogen-bond acceptors (Lipinski definition) is 2. The van der Waals surface area contributed by atoms with Crippen molar-refractivity contribution in [1.29, 1.82) is 0 Å². The zero-order valence-corrected chi connectivity index (χ0v) is 11.0. The Bertz CT molecular complexity index is 372. The van der Waals surface area contributed by atoms with E-state index >= 15 is 0 Å². The van der Waals surface area contributed by atoms with Gasteiger partial charge in [-0.25, -0.2) is 0 Å². The topological polar surface area (TPSA) is 22.1 Å². The van der Waals surface area contributed by atoms with Crippen LogP contribution in [0.5, 0.6) is 0 Å². The van der Waals surface area contributed by atoms with Crippen molar-refractivity contribution >= 4 is 8.32 Å². The first-order valence-corrected chi connectivity index (χ1v) is 8.96. The highest BCUT2D eigenvalue weighted by molar-refractivity contribution is 6.69. The molecule has 0 fully saturated rings. The summed E-state index contributed by atoms with van der Waals surface area (Å²) in [6, 6.07) is 4.18. The van der Waals surface area contributed by atoms with E-state index in [2.05, 4.69) is 37.6 Å². The Morgan fingerprint density at radius 3 is 2.80 bits per heavy atom. The number of aryl methyl sites for hydroxylation is 1. The summed E-state index contributed by atoms with van der Waals surface area (Å²) in [5, 5.41) is 0. The van der Waals surface area contributed by atoms with Gasteiger partial charge in [0.15, 0.2) is 8.32 Å². The molecule has 0 N–H and O–H groups in total. The van der Waals surface area contributed by atoms with Crippen LogP contribution in [-0.4, -0.2) is 13.3 Å². The summed E-state index contributed by atoms with van der Waals surface area (Å²) < 4.78 is 6.29. The van der Waals surface area contributed by atoms with Crippen molar-refractivity contribution in [2.75, 3.05) is 0 Å². The molecule has 1 aromatic rings. The second-order valence-corrected chi connectivity index (χ2v) is 9.89. The molecule has 0 aromatic carbocycles. The lowest BCUT2D eigenvalue weighted by Gasteiger charge is -2.32. The van der Waals surface area contributed by atoms with E-state index in [0.717, 1.165) is 18.5 Å². The zero-order valence-electron chi connectivity index (χ0n) is 10.0. The average Bonchev–Trinajstić information content (AvgIpc) is 2.42. The predicted molar refractivity (Wildman–Crippen MR) is 64.3 cm³/mol. The second-order valence-electron chi connectivity index (χ2n) is 5.46. The van der Waals surface area contributed by atoms with Crippen LogP contribution in [0.2, 0.25) is 19.6 Å². The number of nitrogens with zero attached hydrogens (tertiary/aromatic N) is 1. The fourth-order valence-corrected chi connectivity index (χ4v) is 3.93. The van der Waals surface area contributed by atoms with Crippen molar-refractivity contribution in [3.63, 3.8) is 0 Å². The van der Waals surface area contributed by atoms with Gasteiger partial charge in [-0.2, -0.15) is 0 Å². The lowest BCUT2D eigenvalue weighted by Crippen LogP contribution is -2.37. The molecule has 0 saturated heterocycles. The van der Waals surface area contributed by atoms with Gasteiger partial charge >= 0.3 is 0 Å². The summed E-state index contributed by atoms with van der Waals surface area (Å²) in [4.78, 5) is 4.49. The molecule has 1 aliphatic carbocycles. The van der Waals surface area contributed by atoms with Crippen molar-refractivity contribution in [2.24, 2.45) is 0 Å². The first-order chi connectivity index (χ1) is 6.91. The van der Waals surface area contributed by atoms with Crippen molar-refractivity contribution in [3.8, 4) is 0 Å². The molecule has 0 saturated carbocycles. The van der Waals surface area contributed by atoms with Crippen LogP contribution in [0.25, 0.3) is 0 Å². The largest absolute Gasteiger partial charge is 0.407 e. The van der Waals surface area contributed by atoms with E-state index in [1.165, 1.54) is 5.56 Å². The Morgan fingerprint density at radius 1 is 1.40 bits per heavy atom. The molecule has 2 nitrogen and oxygen atoms in total. The first kappa shape index (κ1) is 10.8. The van der Waals surface area contributed by atoms with Gasteiger partial charge < -0.3 is 4.43 Å². The van der Waals surface area contributed by atoms with E-state index in [-0.39, 0.29) is 5.60 Å². The van der Waals surface area contributed by atoms with Crippen LogP contribution in [0.15, 0.2) is 18.3 Å². The molecular weight excluding hydrogens is 202 g/mol. The van der Waals surface area contributed by atoms with Crippen LogP contribution in [-0.2, 0) is 16.4 Å². The maximum Gasteiger partial charge on any atom is 0.185 e. The minimum absolute atomic E-state index is 0.138. The van der Waals surface area contributed by atoms with Gasteiger partial charge in [-0.3, -0.25) is 4.98 Å². The Balaban J connectivity index is 2.33. The van der Waals surface area contributed by atoms with Crippen LogP contribution in [0.4, 0.5) is 0 Å². The molecule has 2 rings (SSSR count). The van der Waals surface area contributed by atoms with Crippen LogP contribution >= 0.6 is 0 Å². The fraction of sp³-hybridized carbons (Fsp3) is 0.583. The lowest BCUT2D eigenvalue weighted by atomic mass is 10.0. The number of fused-ring (bicyclic) bond motifs is 1. The van der Waals surface area contributed by atoms with Gasteiger partial charge in [0.2, 0.25) is 0 Å². The Morgan fingerprint density at radius 2 is 2.13 bits per heavy atom. The maximum absolute atomic E-state index is 6.29. The summed E-state index contributed by atoms with van der Waals surface area (Å²) in [5.74, 6) is 0. The third-order valence-electron chi connectivity index (χ3n) is 2.80. The Labute approximate surface area is 92.8 Å². The molecule has 15 heavy (non-hydrogen) atoms. The van der Waals surface area contributed by atoms with Gasteiger partial charge in [0, 0.05) is 6.20 Å². The van der Waals surface area contributed by atoms with Crippen molar-refractivity contribution in [3.05, 3.63) is 29.6 Å². The summed E-state index contributed by atoms with van der Waals surface area (Å²) in [7, 11) is -1.50. The van der Waals surface area contributed by atoms with E-state index in [0.29, 0.717) is 0 Å². The molecule has 1 aromatic heterocycles. The van der Waals surface area contributed by atoms with E-state index in [1.807, 2.05) is 12.3 Å². The maximum atomic E-state index is 6.29. The molecule has 0 bridgehead atoms. The number of rotatable bonds is 2. The van der Waals surface area contributed by atoms with Crippen LogP contribution < -0.4 is 0 Å². The van der Waals surface area contributed by atoms with Crippen molar-refractivity contribution in [2.45, 2.75) is 45.0 Å². The van der Waals surface area contributed by atoms with Gasteiger partial charge in [0.1, 0.15) is 0 Å².